The van der Waals surface area contributed by atoms with Gasteiger partial charge < -0.3 is 20.3 Å². The number of unbranched alkanes of at least 4 members (excludes halogenated alkanes) is 1. The normalized spacial score (nSPS) is 12.1. The number of hydrogen-bond donors (Lipinski definition) is 3. The van der Waals surface area contributed by atoms with Gasteiger partial charge >= 0.3 is 5.97 Å². The number of phenolic OH excluding ortho intramolecular Hbond substituents is 1. The molecule has 106 valence electrons. The van der Waals surface area contributed by atoms with E-state index in [9.17, 15) is 15.0 Å². The number of hydrogen-bond acceptors (Lipinski definition) is 4. The summed E-state index contributed by atoms with van der Waals surface area (Å²) in [7, 11) is 0. The van der Waals surface area contributed by atoms with Crippen molar-refractivity contribution in [3.63, 3.8) is 0 Å². The molecule has 0 aliphatic rings. The van der Waals surface area contributed by atoms with Gasteiger partial charge in [-0.25, -0.2) is 0 Å². The van der Waals surface area contributed by atoms with Crippen LogP contribution >= 0.6 is 0 Å². The highest BCUT2D eigenvalue weighted by Gasteiger charge is 2.20. The maximum Gasteiger partial charge on any atom is 0.325 e. The van der Waals surface area contributed by atoms with Gasteiger partial charge in [0.1, 0.15) is 6.04 Å². The summed E-state index contributed by atoms with van der Waals surface area (Å²) < 4.78 is 5.26. The first-order valence-corrected chi connectivity index (χ1v) is 6.52. The molecule has 0 amide bonds. The maximum absolute atomic E-state index is 11.3. The lowest BCUT2D eigenvalue weighted by Crippen LogP contribution is -2.29. The highest BCUT2D eigenvalue weighted by atomic mass is 16.5. The zero-order valence-corrected chi connectivity index (χ0v) is 11.3. The summed E-state index contributed by atoms with van der Waals surface area (Å²) in [5.74, 6) is -0.615. The first-order valence-electron chi connectivity index (χ1n) is 6.52. The molecule has 5 nitrogen and oxygen atoms in total. The predicted molar refractivity (Wildman–Crippen MR) is 72.6 cm³/mol. The molecule has 3 N–H and O–H groups in total. The van der Waals surface area contributed by atoms with Gasteiger partial charge in [0.2, 0.25) is 0 Å². The van der Waals surface area contributed by atoms with E-state index in [1.165, 1.54) is 6.07 Å². The number of ether oxygens (including phenoxy) is 1. The van der Waals surface area contributed by atoms with Gasteiger partial charge in [-0.3, -0.25) is 4.79 Å². The molecule has 0 spiro atoms. The van der Waals surface area contributed by atoms with E-state index in [-0.39, 0.29) is 5.75 Å². The van der Waals surface area contributed by atoms with Crippen LogP contribution < -0.4 is 10.1 Å². The van der Waals surface area contributed by atoms with Gasteiger partial charge in [0.25, 0.3) is 0 Å². The summed E-state index contributed by atoms with van der Waals surface area (Å²) in [6.45, 7) is 4.90. The van der Waals surface area contributed by atoms with Crippen molar-refractivity contribution >= 4 is 5.97 Å². The SMILES string of the molecule is CCCCNC(C(=O)O)c1ccc(O)c(OCC)c1. The number of carboxylic acids is 1. The number of carboxylic acid groups (broad SMARTS) is 1. The van der Waals surface area contributed by atoms with E-state index in [0.29, 0.717) is 24.5 Å². The van der Waals surface area contributed by atoms with Crippen molar-refractivity contribution in [1.29, 1.82) is 0 Å². The third-order valence-corrected chi connectivity index (χ3v) is 2.74. The zero-order chi connectivity index (χ0) is 14.3. The first-order chi connectivity index (χ1) is 9.10. The lowest BCUT2D eigenvalue weighted by atomic mass is 10.1. The molecule has 0 fully saturated rings. The van der Waals surface area contributed by atoms with Gasteiger partial charge in [0, 0.05) is 0 Å². The summed E-state index contributed by atoms with van der Waals surface area (Å²) in [6, 6.07) is 3.83. The maximum atomic E-state index is 11.3. The molecule has 1 aromatic carbocycles. The van der Waals surface area contributed by atoms with E-state index in [0.717, 1.165) is 12.8 Å². The van der Waals surface area contributed by atoms with Crippen LogP contribution in [-0.4, -0.2) is 29.3 Å². The number of nitrogens with one attached hydrogen (secondary N) is 1. The van der Waals surface area contributed by atoms with Crippen molar-refractivity contribution in [2.75, 3.05) is 13.2 Å². The number of phenols is 1. The first kappa shape index (κ1) is 15.3. The van der Waals surface area contributed by atoms with Crippen molar-refractivity contribution in [2.24, 2.45) is 0 Å². The molecule has 5 heteroatoms. The second-order valence-corrected chi connectivity index (χ2v) is 4.24. The Morgan fingerprint density at radius 2 is 2.16 bits per heavy atom. The van der Waals surface area contributed by atoms with Gasteiger partial charge in [-0.2, -0.15) is 0 Å². The summed E-state index contributed by atoms with van der Waals surface area (Å²) in [5, 5.41) is 21.8. The highest BCUT2D eigenvalue weighted by Crippen LogP contribution is 2.29. The van der Waals surface area contributed by atoms with Gasteiger partial charge in [0.05, 0.1) is 6.61 Å². The second kappa shape index (κ2) is 7.63. The Kier molecular flexibility index (Phi) is 6.15. The minimum absolute atomic E-state index is 0.0169. The van der Waals surface area contributed by atoms with Crippen molar-refractivity contribution in [3.8, 4) is 11.5 Å². The number of benzene rings is 1. The topological polar surface area (TPSA) is 78.8 Å². The van der Waals surface area contributed by atoms with Crippen molar-refractivity contribution in [2.45, 2.75) is 32.7 Å². The van der Waals surface area contributed by atoms with Crippen LogP contribution in [0.2, 0.25) is 0 Å². The van der Waals surface area contributed by atoms with E-state index in [4.69, 9.17) is 4.74 Å². The van der Waals surface area contributed by atoms with E-state index in [1.807, 2.05) is 6.92 Å². The molecule has 0 saturated heterocycles. The predicted octanol–water partition coefficient (Wildman–Crippen LogP) is 2.31. The fourth-order valence-electron chi connectivity index (χ4n) is 1.75. The third kappa shape index (κ3) is 4.44. The lowest BCUT2D eigenvalue weighted by Gasteiger charge is -2.16. The number of rotatable bonds is 8. The number of aromatic hydroxyl groups is 1. The molecule has 0 saturated carbocycles. The van der Waals surface area contributed by atoms with Crippen molar-refractivity contribution in [1.82, 2.24) is 5.32 Å². The van der Waals surface area contributed by atoms with Gasteiger partial charge in [-0.05, 0) is 37.6 Å². The number of carbonyl (C=O) groups is 1. The van der Waals surface area contributed by atoms with Crippen molar-refractivity contribution < 1.29 is 19.7 Å². The van der Waals surface area contributed by atoms with E-state index >= 15 is 0 Å². The Hall–Kier alpha value is -1.75. The minimum atomic E-state index is -0.941. The standard InChI is InChI=1S/C14H21NO4/c1-3-5-8-15-13(14(17)18)10-6-7-11(16)12(9-10)19-4-2/h6-7,9,13,15-16H,3-5,8H2,1-2H3,(H,17,18). The Bertz CT molecular complexity index is 420. The summed E-state index contributed by atoms with van der Waals surface area (Å²) in [5.41, 5.74) is 0.574. The Morgan fingerprint density at radius 3 is 2.74 bits per heavy atom. The largest absolute Gasteiger partial charge is 0.504 e. The average Bonchev–Trinajstić information content (AvgIpc) is 2.37. The number of aliphatic carboxylic acids is 1. The van der Waals surface area contributed by atoms with Crippen LogP contribution in [0.4, 0.5) is 0 Å². The second-order valence-electron chi connectivity index (χ2n) is 4.24. The molecule has 0 bridgehead atoms. The molecule has 0 aliphatic carbocycles. The van der Waals surface area contributed by atoms with Gasteiger partial charge in [0.15, 0.2) is 11.5 Å². The van der Waals surface area contributed by atoms with Crippen LogP contribution in [0.1, 0.15) is 38.3 Å². The molecule has 0 heterocycles. The Labute approximate surface area is 113 Å². The quantitative estimate of drug-likeness (QED) is 0.630. The van der Waals surface area contributed by atoms with E-state index in [1.54, 1.807) is 19.1 Å². The average molecular weight is 267 g/mol. The molecular weight excluding hydrogens is 246 g/mol. The van der Waals surface area contributed by atoms with Crippen LogP contribution in [0.15, 0.2) is 18.2 Å². The van der Waals surface area contributed by atoms with Gasteiger partial charge in [-0.1, -0.05) is 19.4 Å². The highest BCUT2D eigenvalue weighted by molar-refractivity contribution is 5.76. The lowest BCUT2D eigenvalue weighted by molar-refractivity contribution is -0.139. The summed E-state index contributed by atoms with van der Waals surface area (Å²) >= 11 is 0. The molecule has 0 aliphatic heterocycles. The van der Waals surface area contributed by atoms with Crippen LogP contribution in [-0.2, 0) is 4.79 Å². The molecule has 19 heavy (non-hydrogen) atoms. The summed E-state index contributed by atoms with van der Waals surface area (Å²) in [4.78, 5) is 11.3. The van der Waals surface area contributed by atoms with E-state index in [2.05, 4.69) is 5.32 Å². The molecule has 1 unspecified atom stereocenters. The molecular formula is C14H21NO4. The fourth-order valence-corrected chi connectivity index (χ4v) is 1.75. The monoisotopic (exact) mass is 267 g/mol. The minimum Gasteiger partial charge on any atom is -0.504 e. The molecule has 0 aromatic heterocycles. The van der Waals surface area contributed by atoms with Crippen LogP contribution in [0, 0.1) is 0 Å². The molecule has 0 radical (unpaired) electrons. The van der Waals surface area contributed by atoms with Crippen molar-refractivity contribution in [3.05, 3.63) is 23.8 Å². The van der Waals surface area contributed by atoms with Crippen LogP contribution in [0.5, 0.6) is 11.5 Å². The fraction of sp³-hybridized carbons (Fsp3) is 0.500. The van der Waals surface area contributed by atoms with Gasteiger partial charge in [-0.15, -0.1) is 0 Å². The van der Waals surface area contributed by atoms with E-state index < -0.39 is 12.0 Å². The summed E-state index contributed by atoms with van der Waals surface area (Å²) in [6.07, 6.45) is 1.92. The van der Waals surface area contributed by atoms with Crippen LogP contribution in [0.3, 0.4) is 0 Å². The zero-order valence-electron chi connectivity index (χ0n) is 11.3. The smallest absolute Gasteiger partial charge is 0.325 e. The Balaban J connectivity index is 2.89. The third-order valence-electron chi connectivity index (χ3n) is 2.74. The van der Waals surface area contributed by atoms with Crippen LogP contribution in [0.25, 0.3) is 0 Å². The molecule has 1 rings (SSSR count). The molecule has 1 atom stereocenters. The molecule has 1 aromatic rings. The Morgan fingerprint density at radius 1 is 1.42 bits per heavy atom.